The Morgan fingerprint density at radius 1 is 0.935 bits per heavy atom. The van der Waals surface area contributed by atoms with Crippen LogP contribution in [0.1, 0.15) is 29.9 Å². The number of hydrazine groups is 1. The lowest BCUT2D eigenvalue weighted by Crippen LogP contribution is -2.53. The van der Waals surface area contributed by atoms with Gasteiger partial charge in [0.1, 0.15) is 18.2 Å². The Morgan fingerprint density at radius 3 is 2.37 bits per heavy atom. The molecular weight excluding hydrogens is 617 g/mol. The largest absolute Gasteiger partial charge is 0.491 e. The molecule has 6 atom stereocenters. The zero-order valence-corrected chi connectivity index (χ0v) is 25.1. The predicted octanol–water partition coefficient (Wildman–Crippen LogP) is 4.22. The number of fused-ring (bicyclic) bond motifs is 4. The molecule has 3 N–H and O–H groups in total. The van der Waals surface area contributed by atoms with Crippen LogP contribution in [0.5, 0.6) is 5.75 Å². The van der Waals surface area contributed by atoms with E-state index in [1.165, 1.54) is 24.3 Å². The topological polar surface area (TPSA) is 136 Å². The third-order valence-corrected chi connectivity index (χ3v) is 10.1. The van der Waals surface area contributed by atoms with Crippen molar-refractivity contribution in [3.8, 4) is 5.75 Å². The summed E-state index contributed by atoms with van der Waals surface area (Å²) in [6.45, 7) is -0.305. The highest BCUT2D eigenvalue weighted by atomic mass is 35.5. The molecule has 0 spiro atoms. The summed E-state index contributed by atoms with van der Waals surface area (Å²) in [6.07, 6.45) is 2.03. The lowest BCUT2D eigenvalue weighted by atomic mass is 9.49. The van der Waals surface area contributed by atoms with Gasteiger partial charge in [0.15, 0.2) is 0 Å². The summed E-state index contributed by atoms with van der Waals surface area (Å²) >= 11 is 6.30. The SMILES string of the molecule is O=C1C2CC=C3C(CC4C(=O)N(Nc5ccc(F)cc5)C(=O)C4(c4ccc(Cl)cc4)C3c3ccccc3OCCO)C2C(=O)N1O. The average Bonchev–Trinajstić information content (AvgIpc) is 3.41. The van der Waals surface area contributed by atoms with Crippen LogP contribution in [0, 0.1) is 29.5 Å². The van der Waals surface area contributed by atoms with Crippen LogP contribution in [0.3, 0.4) is 0 Å². The predicted molar refractivity (Wildman–Crippen MR) is 162 cm³/mol. The number of allylic oxidation sites excluding steroid dienone is 2. The molecule has 0 aromatic heterocycles. The van der Waals surface area contributed by atoms with Crippen LogP contribution in [0.25, 0.3) is 0 Å². The second-order valence-corrected chi connectivity index (χ2v) is 12.4. The molecule has 3 aromatic rings. The first kappa shape index (κ1) is 30.1. The molecular formula is C34H29ClFN3O7. The number of nitrogens with zero attached hydrogens (tertiary/aromatic N) is 2. The molecule has 2 aliphatic carbocycles. The smallest absolute Gasteiger partial charge is 0.260 e. The molecule has 6 unspecified atom stereocenters. The summed E-state index contributed by atoms with van der Waals surface area (Å²) in [6, 6.07) is 18.9. The standard InChI is InChI=1S/C34H29ClFN3O7/c35-19-7-5-18(6-8-19)34-26(31(42)38(33(34)44)37-21-11-9-20(36)10-12-21)17-25-22(13-14-24-28(25)32(43)39(45)30(24)41)29(34)23-3-1-2-4-27(23)46-16-15-40/h1-13,24-26,28-29,37,40,45H,14-17H2. The number of carbonyl (C=O) groups is 4. The van der Waals surface area contributed by atoms with Crippen molar-refractivity contribution in [3.05, 3.63) is 106 Å². The Morgan fingerprint density at radius 2 is 1.65 bits per heavy atom. The third-order valence-electron chi connectivity index (χ3n) is 9.81. The number of aliphatic hydroxyl groups is 1. The first-order chi connectivity index (χ1) is 22.2. The van der Waals surface area contributed by atoms with Crippen molar-refractivity contribution in [1.82, 2.24) is 10.1 Å². The third kappa shape index (κ3) is 4.37. The molecule has 3 fully saturated rings. The van der Waals surface area contributed by atoms with Gasteiger partial charge in [0.2, 0.25) is 0 Å². The number of halogens is 2. The fraction of sp³-hybridized carbons (Fsp3) is 0.294. The molecule has 1 saturated carbocycles. The summed E-state index contributed by atoms with van der Waals surface area (Å²) in [5, 5.41) is 21.5. The fourth-order valence-electron chi connectivity index (χ4n) is 7.99. The Kier molecular flexibility index (Phi) is 7.42. The number of hydroxylamine groups is 2. The van der Waals surface area contributed by atoms with E-state index >= 15 is 4.79 Å². The maximum absolute atomic E-state index is 15.1. The van der Waals surface area contributed by atoms with Crippen LogP contribution >= 0.6 is 11.6 Å². The maximum Gasteiger partial charge on any atom is 0.260 e. The molecule has 12 heteroatoms. The summed E-state index contributed by atoms with van der Waals surface area (Å²) in [7, 11) is 0. The van der Waals surface area contributed by atoms with Gasteiger partial charge >= 0.3 is 0 Å². The number of ether oxygens (including phenoxy) is 1. The molecule has 0 bridgehead atoms. The van der Waals surface area contributed by atoms with Gasteiger partial charge in [-0.1, -0.05) is 53.6 Å². The molecule has 2 saturated heterocycles. The molecule has 46 heavy (non-hydrogen) atoms. The van der Waals surface area contributed by atoms with Crippen LogP contribution in [0.15, 0.2) is 84.4 Å². The Balaban J connectivity index is 1.48. The van der Waals surface area contributed by atoms with Crippen LogP contribution in [-0.2, 0) is 24.6 Å². The van der Waals surface area contributed by atoms with Crippen molar-refractivity contribution in [2.45, 2.75) is 24.2 Å². The number of nitrogens with one attached hydrogen (secondary N) is 1. The fourth-order valence-corrected chi connectivity index (χ4v) is 8.12. The van der Waals surface area contributed by atoms with Gasteiger partial charge < -0.3 is 9.84 Å². The van der Waals surface area contributed by atoms with Crippen molar-refractivity contribution in [3.63, 3.8) is 0 Å². The highest BCUT2D eigenvalue weighted by Gasteiger charge is 2.70. The van der Waals surface area contributed by atoms with E-state index < -0.39 is 64.5 Å². The van der Waals surface area contributed by atoms with Crippen molar-refractivity contribution < 1.29 is 38.6 Å². The number of benzene rings is 3. The van der Waals surface area contributed by atoms with Gasteiger partial charge in [0, 0.05) is 16.5 Å². The van der Waals surface area contributed by atoms with Gasteiger partial charge in [-0.15, -0.1) is 0 Å². The zero-order chi connectivity index (χ0) is 32.3. The van der Waals surface area contributed by atoms with Crippen molar-refractivity contribution in [2.24, 2.45) is 23.7 Å². The molecule has 2 aliphatic heterocycles. The second-order valence-electron chi connectivity index (χ2n) is 12.0. The number of amides is 4. The van der Waals surface area contributed by atoms with E-state index in [-0.39, 0.29) is 31.1 Å². The summed E-state index contributed by atoms with van der Waals surface area (Å²) in [5.74, 6) is -7.03. The lowest BCUT2D eigenvalue weighted by Gasteiger charge is -2.50. The van der Waals surface area contributed by atoms with Crippen molar-refractivity contribution >= 4 is 40.9 Å². The molecule has 7 rings (SSSR count). The number of hydrogen-bond donors (Lipinski definition) is 3. The second kappa shape index (κ2) is 11.3. The van der Waals surface area contributed by atoms with Gasteiger partial charge in [-0.25, -0.2) is 4.39 Å². The molecule has 2 heterocycles. The van der Waals surface area contributed by atoms with Gasteiger partial charge in [-0.3, -0.25) is 29.8 Å². The summed E-state index contributed by atoms with van der Waals surface area (Å²) < 4.78 is 19.7. The van der Waals surface area contributed by atoms with E-state index in [0.717, 1.165) is 5.01 Å². The van der Waals surface area contributed by atoms with Crippen molar-refractivity contribution in [1.29, 1.82) is 0 Å². The summed E-state index contributed by atoms with van der Waals surface area (Å²) in [5.41, 5.74) is 3.35. The number of imide groups is 2. The Labute approximate surface area is 267 Å². The highest BCUT2D eigenvalue weighted by molar-refractivity contribution is 6.30. The first-order valence-electron chi connectivity index (χ1n) is 14.9. The number of rotatable bonds is 7. The quantitative estimate of drug-likeness (QED) is 0.197. The van der Waals surface area contributed by atoms with Crippen LogP contribution in [0.4, 0.5) is 10.1 Å². The highest BCUT2D eigenvalue weighted by Crippen LogP contribution is 2.64. The first-order valence-corrected chi connectivity index (χ1v) is 15.3. The van der Waals surface area contributed by atoms with E-state index in [0.29, 0.717) is 33.2 Å². The average molecular weight is 646 g/mol. The minimum atomic E-state index is -1.58. The monoisotopic (exact) mass is 645 g/mol. The van der Waals surface area contributed by atoms with Crippen LogP contribution < -0.4 is 10.2 Å². The van der Waals surface area contributed by atoms with E-state index in [1.807, 2.05) is 6.08 Å². The number of aliphatic hydroxyl groups excluding tert-OH is 1. The van der Waals surface area contributed by atoms with Crippen LogP contribution in [-0.4, -0.2) is 57.2 Å². The van der Waals surface area contributed by atoms with E-state index in [2.05, 4.69) is 5.43 Å². The van der Waals surface area contributed by atoms with E-state index in [9.17, 15) is 29.1 Å². The van der Waals surface area contributed by atoms with Gasteiger partial charge in [0.25, 0.3) is 23.6 Å². The minimum absolute atomic E-state index is 0.0326. The molecule has 0 radical (unpaired) electrons. The van der Waals surface area contributed by atoms with Crippen molar-refractivity contribution in [2.75, 3.05) is 18.6 Å². The Bertz CT molecular complexity index is 1780. The van der Waals surface area contributed by atoms with Crippen LogP contribution in [0.2, 0.25) is 5.02 Å². The Hall–Kier alpha value is -4.58. The molecule has 4 aliphatic rings. The molecule has 3 aromatic carbocycles. The normalized spacial score (nSPS) is 28.5. The molecule has 236 valence electrons. The molecule has 4 amide bonds. The molecule has 10 nitrogen and oxygen atoms in total. The number of anilines is 1. The number of para-hydroxylation sites is 1. The maximum atomic E-state index is 15.1. The summed E-state index contributed by atoms with van der Waals surface area (Å²) in [4.78, 5) is 55.9. The van der Waals surface area contributed by atoms with Gasteiger partial charge in [-0.2, -0.15) is 10.1 Å². The minimum Gasteiger partial charge on any atom is -0.491 e. The number of carbonyl (C=O) groups excluding carboxylic acids is 4. The number of hydrogen-bond acceptors (Lipinski definition) is 8. The van der Waals surface area contributed by atoms with E-state index in [4.69, 9.17) is 16.3 Å². The lowest BCUT2D eigenvalue weighted by molar-refractivity contribution is -0.173. The van der Waals surface area contributed by atoms with Gasteiger partial charge in [0.05, 0.1) is 35.5 Å². The zero-order valence-electron chi connectivity index (χ0n) is 24.3. The van der Waals surface area contributed by atoms with Gasteiger partial charge in [-0.05, 0) is 66.8 Å². The van der Waals surface area contributed by atoms with E-state index in [1.54, 1.807) is 48.5 Å².